The summed E-state index contributed by atoms with van der Waals surface area (Å²) in [5.41, 5.74) is 0.604. The van der Waals surface area contributed by atoms with Crippen molar-refractivity contribution >= 4 is 5.91 Å². The van der Waals surface area contributed by atoms with E-state index in [1.807, 2.05) is 13.8 Å². The number of aliphatic hydroxyl groups excluding tert-OH is 1. The molecule has 82 valence electrons. The van der Waals surface area contributed by atoms with E-state index < -0.39 is 0 Å². The van der Waals surface area contributed by atoms with Crippen molar-refractivity contribution in [2.75, 3.05) is 13.2 Å². The molecule has 0 fully saturated rings. The van der Waals surface area contributed by atoms with Gasteiger partial charge < -0.3 is 10.0 Å². The molecule has 1 amide bonds. The fourth-order valence-corrected chi connectivity index (χ4v) is 1.36. The van der Waals surface area contributed by atoms with E-state index in [2.05, 4.69) is 4.98 Å². The van der Waals surface area contributed by atoms with Crippen LogP contribution in [0.1, 0.15) is 24.2 Å². The van der Waals surface area contributed by atoms with Crippen LogP contribution in [0.4, 0.5) is 0 Å². The van der Waals surface area contributed by atoms with Gasteiger partial charge in [-0.25, -0.2) is 0 Å². The topological polar surface area (TPSA) is 53.4 Å². The summed E-state index contributed by atoms with van der Waals surface area (Å²) in [5.74, 6) is -0.0681. The van der Waals surface area contributed by atoms with Crippen LogP contribution in [0.5, 0.6) is 0 Å². The number of hydrogen-bond acceptors (Lipinski definition) is 3. The lowest BCUT2D eigenvalue weighted by molar-refractivity contribution is 0.0665. The van der Waals surface area contributed by atoms with E-state index in [9.17, 15) is 4.79 Å². The Kier molecular flexibility index (Phi) is 4.24. The van der Waals surface area contributed by atoms with Crippen molar-refractivity contribution in [1.82, 2.24) is 9.88 Å². The highest BCUT2D eigenvalue weighted by Crippen LogP contribution is 2.06. The molecule has 0 atom stereocenters. The van der Waals surface area contributed by atoms with Crippen LogP contribution in [0.3, 0.4) is 0 Å². The summed E-state index contributed by atoms with van der Waals surface area (Å²) < 4.78 is 0. The largest absolute Gasteiger partial charge is 0.395 e. The first kappa shape index (κ1) is 11.7. The number of hydrogen-bond donors (Lipinski definition) is 1. The second kappa shape index (κ2) is 5.46. The highest BCUT2D eigenvalue weighted by atomic mass is 16.3. The molecule has 0 aliphatic heterocycles. The summed E-state index contributed by atoms with van der Waals surface area (Å²) >= 11 is 0. The Hall–Kier alpha value is -1.42. The molecule has 0 spiro atoms. The zero-order valence-corrected chi connectivity index (χ0v) is 9.05. The third-order valence-corrected chi connectivity index (χ3v) is 2.15. The molecule has 0 saturated carbocycles. The lowest BCUT2D eigenvalue weighted by Crippen LogP contribution is -2.38. The van der Waals surface area contributed by atoms with E-state index in [1.165, 1.54) is 0 Å². The summed E-state index contributed by atoms with van der Waals surface area (Å²) in [4.78, 5) is 17.5. The fraction of sp³-hybridized carbons (Fsp3) is 0.455. The van der Waals surface area contributed by atoms with Crippen LogP contribution in [-0.4, -0.2) is 40.1 Å². The second-order valence-electron chi connectivity index (χ2n) is 3.55. The number of pyridine rings is 1. The maximum Gasteiger partial charge on any atom is 0.254 e. The maximum atomic E-state index is 12.0. The number of carbonyl (C=O) groups excluding carboxylic acids is 1. The minimum atomic E-state index is -0.0681. The Morgan fingerprint density at radius 2 is 2.07 bits per heavy atom. The van der Waals surface area contributed by atoms with E-state index in [1.54, 1.807) is 29.4 Å². The molecule has 0 saturated heterocycles. The molecule has 0 aromatic carbocycles. The second-order valence-corrected chi connectivity index (χ2v) is 3.55. The predicted molar refractivity (Wildman–Crippen MR) is 57.5 cm³/mol. The molecule has 0 radical (unpaired) electrons. The zero-order valence-electron chi connectivity index (χ0n) is 9.05. The first-order valence-electron chi connectivity index (χ1n) is 4.98. The summed E-state index contributed by atoms with van der Waals surface area (Å²) in [6.07, 6.45) is 3.18. The number of nitrogens with zero attached hydrogens (tertiary/aromatic N) is 2. The monoisotopic (exact) mass is 208 g/mol. The quantitative estimate of drug-likeness (QED) is 0.800. The lowest BCUT2D eigenvalue weighted by Gasteiger charge is -2.25. The van der Waals surface area contributed by atoms with Crippen LogP contribution in [0.15, 0.2) is 24.5 Å². The Morgan fingerprint density at radius 1 is 1.47 bits per heavy atom. The van der Waals surface area contributed by atoms with Gasteiger partial charge >= 0.3 is 0 Å². The van der Waals surface area contributed by atoms with Crippen LogP contribution in [0.2, 0.25) is 0 Å². The fourth-order valence-electron chi connectivity index (χ4n) is 1.36. The Morgan fingerprint density at radius 3 is 2.53 bits per heavy atom. The van der Waals surface area contributed by atoms with Gasteiger partial charge in [0.2, 0.25) is 0 Å². The first-order valence-corrected chi connectivity index (χ1v) is 4.98. The van der Waals surface area contributed by atoms with Crippen molar-refractivity contribution in [3.63, 3.8) is 0 Å². The molecule has 1 heterocycles. The van der Waals surface area contributed by atoms with Crippen molar-refractivity contribution in [2.24, 2.45) is 0 Å². The van der Waals surface area contributed by atoms with Crippen LogP contribution < -0.4 is 0 Å². The Bertz CT molecular complexity index is 312. The smallest absolute Gasteiger partial charge is 0.254 e. The van der Waals surface area contributed by atoms with Crippen molar-refractivity contribution < 1.29 is 9.90 Å². The predicted octanol–water partition coefficient (Wildman–Crippen LogP) is 0.925. The number of carbonyl (C=O) groups is 1. The molecule has 1 aromatic heterocycles. The molecule has 4 nitrogen and oxygen atoms in total. The van der Waals surface area contributed by atoms with E-state index in [0.29, 0.717) is 12.1 Å². The molecule has 0 aliphatic rings. The van der Waals surface area contributed by atoms with Gasteiger partial charge in [0, 0.05) is 30.5 Å². The highest BCUT2D eigenvalue weighted by Gasteiger charge is 2.17. The highest BCUT2D eigenvalue weighted by molar-refractivity contribution is 5.94. The number of amides is 1. The Balaban J connectivity index is 2.81. The van der Waals surface area contributed by atoms with Gasteiger partial charge in [-0.3, -0.25) is 9.78 Å². The van der Waals surface area contributed by atoms with Gasteiger partial charge in [0.25, 0.3) is 5.91 Å². The van der Waals surface area contributed by atoms with Gasteiger partial charge in [-0.1, -0.05) is 0 Å². The number of aromatic nitrogens is 1. The normalized spacial score (nSPS) is 10.4. The average molecular weight is 208 g/mol. The molecular formula is C11H16N2O2. The van der Waals surface area contributed by atoms with Crippen molar-refractivity contribution in [3.05, 3.63) is 30.1 Å². The maximum absolute atomic E-state index is 12.0. The average Bonchev–Trinajstić information content (AvgIpc) is 2.26. The standard InChI is InChI=1S/C11H16N2O2/c1-9(2)13(7-8-14)11(15)10-3-5-12-6-4-10/h3-6,9,14H,7-8H2,1-2H3. The minimum absolute atomic E-state index is 0.0188. The van der Waals surface area contributed by atoms with E-state index in [4.69, 9.17) is 5.11 Å². The van der Waals surface area contributed by atoms with Gasteiger partial charge in [-0.2, -0.15) is 0 Å². The molecule has 15 heavy (non-hydrogen) atoms. The summed E-state index contributed by atoms with van der Waals surface area (Å²) in [7, 11) is 0. The number of rotatable bonds is 4. The van der Waals surface area contributed by atoms with Crippen molar-refractivity contribution in [1.29, 1.82) is 0 Å². The van der Waals surface area contributed by atoms with Gasteiger partial charge in [0.1, 0.15) is 0 Å². The van der Waals surface area contributed by atoms with Crippen LogP contribution in [0, 0.1) is 0 Å². The van der Waals surface area contributed by atoms with Crippen molar-refractivity contribution in [3.8, 4) is 0 Å². The first-order chi connectivity index (χ1) is 7.16. The molecule has 4 heteroatoms. The van der Waals surface area contributed by atoms with Gasteiger partial charge in [-0.15, -0.1) is 0 Å². The molecular weight excluding hydrogens is 192 g/mol. The van der Waals surface area contributed by atoms with E-state index in [-0.39, 0.29) is 18.6 Å². The third-order valence-electron chi connectivity index (χ3n) is 2.15. The number of aliphatic hydroxyl groups is 1. The van der Waals surface area contributed by atoms with Gasteiger partial charge in [0.05, 0.1) is 6.61 Å². The molecule has 0 unspecified atom stereocenters. The summed E-state index contributed by atoms with van der Waals surface area (Å²) in [5, 5.41) is 8.88. The zero-order chi connectivity index (χ0) is 11.3. The molecule has 1 aromatic rings. The van der Waals surface area contributed by atoms with E-state index >= 15 is 0 Å². The lowest BCUT2D eigenvalue weighted by atomic mass is 10.2. The Labute approximate surface area is 89.6 Å². The van der Waals surface area contributed by atoms with E-state index in [0.717, 1.165) is 0 Å². The summed E-state index contributed by atoms with van der Waals surface area (Å²) in [6.45, 7) is 4.19. The summed E-state index contributed by atoms with van der Waals surface area (Å²) in [6, 6.07) is 3.43. The van der Waals surface area contributed by atoms with Crippen molar-refractivity contribution in [2.45, 2.75) is 19.9 Å². The molecule has 0 aliphatic carbocycles. The molecule has 1 rings (SSSR count). The minimum Gasteiger partial charge on any atom is -0.395 e. The molecule has 1 N–H and O–H groups in total. The SMILES string of the molecule is CC(C)N(CCO)C(=O)c1ccncc1. The van der Waals surface area contributed by atoms with Crippen LogP contribution >= 0.6 is 0 Å². The van der Waals surface area contributed by atoms with Gasteiger partial charge in [-0.05, 0) is 26.0 Å². The molecule has 0 bridgehead atoms. The van der Waals surface area contributed by atoms with Crippen LogP contribution in [-0.2, 0) is 0 Å². The van der Waals surface area contributed by atoms with Crippen LogP contribution in [0.25, 0.3) is 0 Å². The third kappa shape index (κ3) is 3.02. The van der Waals surface area contributed by atoms with Gasteiger partial charge in [0.15, 0.2) is 0 Å².